The molecule has 0 atom stereocenters. The third-order valence-electron chi connectivity index (χ3n) is 1.33. The van der Waals surface area contributed by atoms with E-state index >= 15 is 0 Å². The Hall–Kier alpha value is -0.770. The van der Waals surface area contributed by atoms with E-state index < -0.39 is 0 Å². The van der Waals surface area contributed by atoms with Gasteiger partial charge < -0.3 is 0 Å². The van der Waals surface area contributed by atoms with Gasteiger partial charge in [-0.2, -0.15) is 0 Å². The minimum Gasteiger partial charge on any atom is -0.273 e. The minimum atomic E-state index is -0.0816. The number of hydrogen-bond donors (Lipinski definition) is 0. The standard InChI is InChI=1S/C7H9NO2S/c1-2-5-11-8-6(9)3-4-7(8)10/h2H,1,3-5H2. The zero-order valence-corrected chi connectivity index (χ0v) is 6.89. The van der Waals surface area contributed by atoms with Crippen LogP contribution in [0.15, 0.2) is 12.7 Å². The number of rotatable bonds is 3. The molecule has 1 fully saturated rings. The molecule has 11 heavy (non-hydrogen) atoms. The van der Waals surface area contributed by atoms with E-state index in [9.17, 15) is 9.59 Å². The van der Waals surface area contributed by atoms with Crippen molar-refractivity contribution in [3.63, 3.8) is 0 Å². The molecule has 0 N–H and O–H groups in total. The van der Waals surface area contributed by atoms with Gasteiger partial charge in [-0.05, 0) is 11.9 Å². The van der Waals surface area contributed by atoms with Gasteiger partial charge in [0.25, 0.3) is 0 Å². The topological polar surface area (TPSA) is 37.4 Å². The molecule has 0 aromatic rings. The molecule has 0 unspecified atom stereocenters. The van der Waals surface area contributed by atoms with Crippen LogP contribution in [0.3, 0.4) is 0 Å². The molecule has 0 saturated carbocycles. The summed E-state index contributed by atoms with van der Waals surface area (Å²) in [7, 11) is 0. The van der Waals surface area contributed by atoms with Gasteiger partial charge in [-0.15, -0.1) is 6.58 Å². The van der Waals surface area contributed by atoms with Crippen LogP contribution in [0.25, 0.3) is 0 Å². The maximum atomic E-state index is 10.9. The van der Waals surface area contributed by atoms with Crippen LogP contribution in [0, 0.1) is 0 Å². The van der Waals surface area contributed by atoms with Crippen LogP contribution in [0.5, 0.6) is 0 Å². The summed E-state index contributed by atoms with van der Waals surface area (Å²) >= 11 is 1.22. The first-order chi connectivity index (χ1) is 5.25. The first kappa shape index (κ1) is 8.33. The lowest BCUT2D eigenvalue weighted by atomic mass is 10.4. The Balaban J connectivity index is 2.47. The first-order valence-electron chi connectivity index (χ1n) is 3.35. The van der Waals surface area contributed by atoms with Gasteiger partial charge in [-0.3, -0.25) is 9.59 Å². The van der Waals surface area contributed by atoms with E-state index in [2.05, 4.69) is 6.58 Å². The first-order valence-corrected chi connectivity index (χ1v) is 4.29. The summed E-state index contributed by atoms with van der Waals surface area (Å²) in [6, 6.07) is 0. The Bertz CT molecular complexity index is 187. The average molecular weight is 171 g/mol. The number of carbonyl (C=O) groups excluding carboxylic acids is 2. The van der Waals surface area contributed by atoms with E-state index in [1.165, 1.54) is 16.3 Å². The maximum absolute atomic E-state index is 10.9. The van der Waals surface area contributed by atoms with Gasteiger partial charge >= 0.3 is 0 Å². The van der Waals surface area contributed by atoms with Crippen molar-refractivity contribution >= 4 is 23.8 Å². The molecule has 60 valence electrons. The van der Waals surface area contributed by atoms with Crippen LogP contribution < -0.4 is 0 Å². The van der Waals surface area contributed by atoms with E-state index in [-0.39, 0.29) is 11.8 Å². The Morgan fingerprint density at radius 1 is 1.45 bits per heavy atom. The summed E-state index contributed by atoms with van der Waals surface area (Å²) in [6.07, 6.45) is 2.40. The van der Waals surface area contributed by atoms with Crippen molar-refractivity contribution < 1.29 is 9.59 Å². The van der Waals surface area contributed by atoms with Crippen LogP contribution in [0.2, 0.25) is 0 Å². The highest BCUT2D eigenvalue weighted by atomic mass is 32.2. The molecule has 1 aliphatic rings. The molecule has 1 aliphatic heterocycles. The molecule has 0 spiro atoms. The number of imide groups is 1. The zero-order chi connectivity index (χ0) is 8.27. The normalized spacial score (nSPS) is 17.6. The van der Waals surface area contributed by atoms with Crippen LogP contribution >= 0.6 is 11.9 Å². The third kappa shape index (κ3) is 1.83. The van der Waals surface area contributed by atoms with Crippen molar-refractivity contribution in [3.05, 3.63) is 12.7 Å². The zero-order valence-electron chi connectivity index (χ0n) is 6.08. The molecule has 1 heterocycles. The summed E-state index contributed by atoms with van der Waals surface area (Å²) in [5.74, 6) is 0.445. The van der Waals surface area contributed by atoms with Gasteiger partial charge in [-0.25, -0.2) is 4.31 Å². The number of hydrogen-bond acceptors (Lipinski definition) is 3. The van der Waals surface area contributed by atoms with Crippen LogP contribution in [-0.2, 0) is 9.59 Å². The lowest BCUT2D eigenvalue weighted by Gasteiger charge is -2.09. The quantitative estimate of drug-likeness (QED) is 0.361. The fourth-order valence-corrected chi connectivity index (χ4v) is 1.55. The van der Waals surface area contributed by atoms with Crippen molar-refractivity contribution in [2.24, 2.45) is 0 Å². The maximum Gasteiger partial charge on any atom is 0.239 e. The van der Waals surface area contributed by atoms with Crippen LogP contribution in [0.1, 0.15) is 12.8 Å². The fraction of sp³-hybridized carbons (Fsp3) is 0.429. The van der Waals surface area contributed by atoms with Gasteiger partial charge in [0, 0.05) is 18.6 Å². The van der Waals surface area contributed by atoms with Crippen molar-refractivity contribution in [3.8, 4) is 0 Å². The van der Waals surface area contributed by atoms with Crippen molar-refractivity contribution in [2.45, 2.75) is 12.8 Å². The van der Waals surface area contributed by atoms with E-state index in [1.807, 2.05) is 0 Å². The Kier molecular flexibility index (Phi) is 2.70. The van der Waals surface area contributed by atoms with Gasteiger partial charge in [0.1, 0.15) is 0 Å². The molecule has 4 heteroatoms. The lowest BCUT2D eigenvalue weighted by molar-refractivity contribution is -0.131. The van der Waals surface area contributed by atoms with Gasteiger partial charge in [0.05, 0.1) is 0 Å². The van der Waals surface area contributed by atoms with E-state index in [4.69, 9.17) is 0 Å². The molecule has 0 aliphatic carbocycles. The molecular formula is C7H9NO2S. The Morgan fingerprint density at radius 2 is 2.00 bits per heavy atom. The van der Waals surface area contributed by atoms with Crippen molar-refractivity contribution in [2.75, 3.05) is 5.75 Å². The third-order valence-corrected chi connectivity index (χ3v) is 2.38. The Labute approximate surface area is 69.6 Å². The summed E-state index contributed by atoms with van der Waals surface area (Å²) in [5.41, 5.74) is 0. The largest absolute Gasteiger partial charge is 0.273 e. The smallest absolute Gasteiger partial charge is 0.239 e. The van der Waals surface area contributed by atoms with Gasteiger partial charge in [0.15, 0.2) is 0 Å². The van der Waals surface area contributed by atoms with Gasteiger partial charge in [0.2, 0.25) is 11.8 Å². The second kappa shape index (κ2) is 3.57. The monoisotopic (exact) mass is 171 g/mol. The highest BCUT2D eigenvalue weighted by Crippen LogP contribution is 2.20. The molecule has 0 aromatic carbocycles. The summed E-state index contributed by atoms with van der Waals surface area (Å²) in [4.78, 5) is 21.9. The molecule has 1 saturated heterocycles. The van der Waals surface area contributed by atoms with Gasteiger partial charge in [-0.1, -0.05) is 6.08 Å². The van der Waals surface area contributed by atoms with Crippen molar-refractivity contribution in [1.29, 1.82) is 0 Å². The Morgan fingerprint density at radius 3 is 2.45 bits per heavy atom. The molecular weight excluding hydrogens is 162 g/mol. The SMILES string of the molecule is C=CCSN1C(=O)CCC1=O. The second-order valence-electron chi connectivity index (χ2n) is 2.17. The predicted molar refractivity (Wildman–Crippen MR) is 43.7 cm³/mol. The van der Waals surface area contributed by atoms with E-state index in [0.29, 0.717) is 18.6 Å². The summed E-state index contributed by atoms with van der Waals surface area (Å²) in [5, 5.41) is 0. The van der Waals surface area contributed by atoms with Crippen LogP contribution in [-0.4, -0.2) is 21.9 Å². The fourth-order valence-electron chi connectivity index (χ4n) is 0.827. The lowest BCUT2D eigenvalue weighted by Crippen LogP contribution is -2.21. The highest BCUT2D eigenvalue weighted by molar-refractivity contribution is 7.98. The molecule has 2 amide bonds. The number of nitrogens with zero attached hydrogens (tertiary/aromatic N) is 1. The van der Waals surface area contributed by atoms with E-state index in [0.717, 1.165) is 0 Å². The van der Waals surface area contributed by atoms with Crippen molar-refractivity contribution in [1.82, 2.24) is 4.31 Å². The molecule has 0 aromatic heterocycles. The molecule has 0 bridgehead atoms. The molecule has 0 radical (unpaired) electrons. The minimum absolute atomic E-state index is 0.0816. The summed E-state index contributed by atoms with van der Waals surface area (Å²) in [6.45, 7) is 3.50. The number of amides is 2. The predicted octanol–water partition coefficient (Wildman–Crippen LogP) is 0.970. The highest BCUT2D eigenvalue weighted by Gasteiger charge is 2.28. The molecule has 1 rings (SSSR count). The average Bonchev–Trinajstić information content (AvgIpc) is 2.29. The number of carbonyl (C=O) groups is 2. The molecule has 3 nitrogen and oxygen atoms in total. The van der Waals surface area contributed by atoms with Crippen LogP contribution in [0.4, 0.5) is 0 Å². The second-order valence-corrected chi connectivity index (χ2v) is 3.12. The summed E-state index contributed by atoms with van der Waals surface area (Å²) < 4.78 is 1.22. The van der Waals surface area contributed by atoms with E-state index in [1.54, 1.807) is 6.08 Å².